The fraction of sp³-hybridized carbons (Fsp3) is 0.125. The van der Waals surface area contributed by atoms with Gasteiger partial charge in [0.1, 0.15) is 0 Å². The minimum absolute atomic E-state index is 0.0663. The first-order valence-electron chi connectivity index (χ1n) is 7.05. The number of hydrogen-bond donors (Lipinski definition) is 1. The zero-order valence-electron chi connectivity index (χ0n) is 12.9. The molecular weight excluding hydrogens is 355 g/mol. The number of nitro benzene ring substituents is 1. The van der Waals surface area contributed by atoms with Crippen molar-refractivity contribution in [2.24, 2.45) is 0 Å². The van der Waals surface area contributed by atoms with Crippen LogP contribution in [0.15, 0.2) is 36.4 Å². The molecule has 0 bridgehead atoms. The second-order valence-corrected chi connectivity index (χ2v) is 5.21. The highest BCUT2D eigenvalue weighted by Crippen LogP contribution is 2.24. The standard InChI is InChI=1S/C16H12ClFN2O5/c1-2-25-16(22)10-6-9(7-11(8-10)20(23)24)15(21)19-13-5-3-4-12(17)14(13)18/h3-8H,2H2,1H3,(H,19,21). The number of ether oxygens (including phenoxy) is 1. The van der Waals surface area contributed by atoms with E-state index in [9.17, 15) is 24.1 Å². The number of nitrogens with one attached hydrogen (secondary N) is 1. The van der Waals surface area contributed by atoms with E-state index in [1.165, 1.54) is 18.2 Å². The lowest BCUT2D eigenvalue weighted by Gasteiger charge is -2.09. The van der Waals surface area contributed by atoms with E-state index in [1.54, 1.807) is 6.92 Å². The van der Waals surface area contributed by atoms with E-state index in [0.717, 1.165) is 18.2 Å². The summed E-state index contributed by atoms with van der Waals surface area (Å²) in [5.41, 5.74) is -1.02. The number of nitrogens with zero attached hydrogens (tertiary/aromatic N) is 1. The molecule has 0 aromatic heterocycles. The lowest BCUT2D eigenvalue weighted by Crippen LogP contribution is -2.15. The molecule has 0 saturated heterocycles. The fourth-order valence-corrected chi connectivity index (χ4v) is 2.15. The molecule has 1 N–H and O–H groups in total. The van der Waals surface area contributed by atoms with Crippen LogP contribution < -0.4 is 5.32 Å². The zero-order chi connectivity index (χ0) is 18.6. The van der Waals surface area contributed by atoms with Crippen LogP contribution in [0.3, 0.4) is 0 Å². The van der Waals surface area contributed by atoms with Gasteiger partial charge in [-0.2, -0.15) is 0 Å². The molecule has 0 aliphatic rings. The average Bonchev–Trinajstić information content (AvgIpc) is 2.58. The molecule has 25 heavy (non-hydrogen) atoms. The van der Waals surface area contributed by atoms with E-state index in [2.05, 4.69) is 5.32 Å². The average molecular weight is 367 g/mol. The van der Waals surface area contributed by atoms with Crippen molar-refractivity contribution in [1.82, 2.24) is 0 Å². The van der Waals surface area contributed by atoms with Gasteiger partial charge < -0.3 is 10.1 Å². The Balaban J connectivity index is 2.39. The zero-order valence-corrected chi connectivity index (χ0v) is 13.7. The Labute approximate surface area is 146 Å². The third kappa shape index (κ3) is 4.30. The molecule has 2 rings (SSSR count). The lowest BCUT2D eigenvalue weighted by atomic mass is 10.1. The van der Waals surface area contributed by atoms with Gasteiger partial charge in [-0.25, -0.2) is 9.18 Å². The van der Waals surface area contributed by atoms with Crippen LogP contribution in [0.1, 0.15) is 27.6 Å². The molecule has 130 valence electrons. The van der Waals surface area contributed by atoms with E-state index in [1.807, 2.05) is 0 Å². The van der Waals surface area contributed by atoms with Crippen molar-refractivity contribution in [3.8, 4) is 0 Å². The molecule has 0 unspecified atom stereocenters. The number of amides is 1. The molecule has 0 heterocycles. The number of rotatable bonds is 5. The molecule has 0 aliphatic heterocycles. The Morgan fingerprint density at radius 3 is 2.60 bits per heavy atom. The summed E-state index contributed by atoms with van der Waals surface area (Å²) in [6.07, 6.45) is 0. The number of carbonyl (C=O) groups excluding carboxylic acids is 2. The normalized spacial score (nSPS) is 10.2. The highest BCUT2D eigenvalue weighted by Gasteiger charge is 2.19. The van der Waals surface area contributed by atoms with Crippen LogP contribution >= 0.6 is 11.6 Å². The molecular formula is C16H12ClFN2O5. The van der Waals surface area contributed by atoms with Crippen LogP contribution in [0.5, 0.6) is 0 Å². The van der Waals surface area contributed by atoms with E-state index >= 15 is 0 Å². The summed E-state index contributed by atoms with van der Waals surface area (Å²) < 4.78 is 18.6. The number of nitro groups is 1. The molecule has 2 aromatic rings. The van der Waals surface area contributed by atoms with Crippen molar-refractivity contribution >= 4 is 34.9 Å². The number of esters is 1. The van der Waals surface area contributed by atoms with Gasteiger partial charge in [0.25, 0.3) is 11.6 Å². The molecule has 1 amide bonds. The number of anilines is 1. The van der Waals surface area contributed by atoms with Crippen LogP contribution in [-0.2, 0) is 4.74 Å². The van der Waals surface area contributed by atoms with Gasteiger partial charge in [0.05, 0.1) is 27.8 Å². The van der Waals surface area contributed by atoms with Crippen LogP contribution in [-0.4, -0.2) is 23.4 Å². The van der Waals surface area contributed by atoms with E-state index in [0.29, 0.717) is 0 Å². The maximum Gasteiger partial charge on any atom is 0.338 e. The SMILES string of the molecule is CCOC(=O)c1cc(C(=O)Nc2cccc(Cl)c2F)cc([N+](=O)[O-])c1. The number of halogens is 2. The van der Waals surface area contributed by atoms with Crippen LogP contribution in [0.2, 0.25) is 5.02 Å². The topological polar surface area (TPSA) is 98.5 Å². The predicted molar refractivity (Wildman–Crippen MR) is 88.4 cm³/mol. The fourth-order valence-electron chi connectivity index (χ4n) is 1.97. The van der Waals surface area contributed by atoms with Crippen LogP contribution in [0.25, 0.3) is 0 Å². The summed E-state index contributed by atoms with van der Waals surface area (Å²) in [6.45, 7) is 1.64. The lowest BCUT2D eigenvalue weighted by molar-refractivity contribution is -0.384. The smallest absolute Gasteiger partial charge is 0.338 e. The second-order valence-electron chi connectivity index (χ2n) is 4.80. The molecule has 0 fully saturated rings. The summed E-state index contributed by atoms with van der Waals surface area (Å²) >= 11 is 5.63. The first kappa shape index (κ1) is 18.3. The Kier molecular flexibility index (Phi) is 5.66. The van der Waals surface area contributed by atoms with Gasteiger partial charge in [-0.05, 0) is 25.1 Å². The van der Waals surface area contributed by atoms with E-state index in [-0.39, 0.29) is 28.4 Å². The maximum atomic E-state index is 13.9. The summed E-state index contributed by atoms with van der Waals surface area (Å²) in [5, 5.41) is 13.1. The molecule has 0 aliphatic carbocycles. The van der Waals surface area contributed by atoms with Gasteiger partial charge in [-0.15, -0.1) is 0 Å². The Bertz CT molecular complexity index is 856. The summed E-state index contributed by atoms with van der Waals surface area (Å²) in [6, 6.07) is 7.11. The first-order chi connectivity index (χ1) is 11.8. The molecule has 7 nitrogen and oxygen atoms in total. The third-order valence-electron chi connectivity index (χ3n) is 3.10. The molecule has 0 atom stereocenters. The molecule has 0 radical (unpaired) electrons. The maximum absolute atomic E-state index is 13.9. The van der Waals surface area contributed by atoms with E-state index in [4.69, 9.17) is 16.3 Å². The van der Waals surface area contributed by atoms with Crippen molar-refractivity contribution in [1.29, 1.82) is 0 Å². The van der Waals surface area contributed by atoms with Crippen molar-refractivity contribution < 1.29 is 23.6 Å². The van der Waals surface area contributed by atoms with Crippen molar-refractivity contribution in [2.75, 3.05) is 11.9 Å². The number of benzene rings is 2. The highest BCUT2D eigenvalue weighted by molar-refractivity contribution is 6.31. The molecule has 0 spiro atoms. The monoisotopic (exact) mass is 366 g/mol. The van der Waals surface area contributed by atoms with Gasteiger partial charge in [-0.1, -0.05) is 17.7 Å². The predicted octanol–water partition coefficient (Wildman–Crippen LogP) is 3.82. The largest absolute Gasteiger partial charge is 0.462 e. The van der Waals surface area contributed by atoms with Gasteiger partial charge in [-0.3, -0.25) is 14.9 Å². The number of carbonyl (C=O) groups is 2. The molecule has 2 aromatic carbocycles. The van der Waals surface area contributed by atoms with Crippen LogP contribution in [0, 0.1) is 15.9 Å². The minimum Gasteiger partial charge on any atom is -0.462 e. The van der Waals surface area contributed by atoms with E-state index < -0.39 is 28.3 Å². The van der Waals surface area contributed by atoms with Crippen molar-refractivity contribution in [2.45, 2.75) is 6.92 Å². The molecule has 9 heteroatoms. The number of non-ortho nitro benzene ring substituents is 1. The summed E-state index contributed by atoms with van der Waals surface area (Å²) in [7, 11) is 0. The summed E-state index contributed by atoms with van der Waals surface area (Å²) in [4.78, 5) is 34.3. The van der Waals surface area contributed by atoms with Crippen molar-refractivity contribution in [3.05, 3.63) is 68.5 Å². The second kappa shape index (κ2) is 7.71. The quantitative estimate of drug-likeness (QED) is 0.492. The summed E-state index contributed by atoms with van der Waals surface area (Å²) in [5.74, 6) is -2.49. The molecule has 0 saturated carbocycles. The number of hydrogen-bond acceptors (Lipinski definition) is 5. The first-order valence-corrected chi connectivity index (χ1v) is 7.43. The highest BCUT2D eigenvalue weighted by atomic mass is 35.5. The van der Waals surface area contributed by atoms with Crippen LogP contribution in [0.4, 0.5) is 15.8 Å². The Hall–Kier alpha value is -3.00. The Morgan fingerprint density at radius 2 is 1.96 bits per heavy atom. The van der Waals surface area contributed by atoms with Gasteiger partial charge in [0.2, 0.25) is 0 Å². The Morgan fingerprint density at radius 1 is 1.28 bits per heavy atom. The van der Waals surface area contributed by atoms with Crippen molar-refractivity contribution in [3.63, 3.8) is 0 Å². The van der Waals surface area contributed by atoms with Gasteiger partial charge >= 0.3 is 5.97 Å². The minimum atomic E-state index is -0.839. The van der Waals surface area contributed by atoms with Gasteiger partial charge in [0.15, 0.2) is 5.82 Å². The third-order valence-corrected chi connectivity index (χ3v) is 3.39. The van der Waals surface area contributed by atoms with Gasteiger partial charge in [0, 0.05) is 17.7 Å².